The second kappa shape index (κ2) is 6.89. The van der Waals surface area contributed by atoms with Crippen LogP contribution in [0.5, 0.6) is 5.75 Å². The number of benzene rings is 2. The molecule has 0 radical (unpaired) electrons. The first-order chi connectivity index (χ1) is 12.3. The molecule has 0 unspecified atom stereocenters. The summed E-state index contributed by atoms with van der Waals surface area (Å²) < 4.78 is 7.89. The average molecular weight is 336 g/mol. The fourth-order valence-electron chi connectivity index (χ4n) is 3.84. The number of hydrogen-bond donors (Lipinski definition) is 0. The van der Waals surface area contributed by atoms with Gasteiger partial charge in [0, 0.05) is 29.8 Å². The van der Waals surface area contributed by atoms with Gasteiger partial charge in [0.1, 0.15) is 12.4 Å². The van der Waals surface area contributed by atoms with Crippen LogP contribution in [0.2, 0.25) is 0 Å². The van der Waals surface area contributed by atoms with Gasteiger partial charge in [-0.15, -0.1) is 0 Å². The smallest absolute Gasteiger partial charge is 0.258 e. The van der Waals surface area contributed by atoms with Crippen molar-refractivity contribution in [2.75, 3.05) is 26.2 Å². The van der Waals surface area contributed by atoms with Gasteiger partial charge in [0.15, 0.2) is 0 Å². The van der Waals surface area contributed by atoms with Gasteiger partial charge < -0.3 is 9.30 Å². The predicted octanol–water partition coefficient (Wildman–Crippen LogP) is 3.56. The Morgan fingerprint density at radius 3 is 2.52 bits per heavy atom. The van der Waals surface area contributed by atoms with E-state index < -0.39 is 0 Å². The monoisotopic (exact) mass is 336 g/mol. The number of pyridine rings is 1. The molecule has 0 bridgehead atoms. The summed E-state index contributed by atoms with van der Waals surface area (Å²) in [5, 5.41) is 2.73. The molecule has 1 saturated heterocycles. The fourth-order valence-corrected chi connectivity index (χ4v) is 3.84. The minimum atomic E-state index is 0.0357. The van der Waals surface area contributed by atoms with Crippen molar-refractivity contribution in [1.29, 1.82) is 0 Å². The van der Waals surface area contributed by atoms with Gasteiger partial charge in [-0.1, -0.05) is 30.7 Å². The quantitative estimate of drug-likeness (QED) is 0.683. The molecule has 0 amide bonds. The third-order valence-electron chi connectivity index (χ3n) is 5.21. The Balaban J connectivity index is 1.70. The van der Waals surface area contributed by atoms with E-state index in [4.69, 9.17) is 4.74 Å². The van der Waals surface area contributed by atoms with Crippen LogP contribution in [0, 0.1) is 0 Å². The Labute approximate surface area is 147 Å². The summed E-state index contributed by atoms with van der Waals surface area (Å²) in [5.74, 6) is 0.862. The van der Waals surface area contributed by atoms with Crippen LogP contribution in [-0.4, -0.2) is 35.7 Å². The van der Waals surface area contributed by atoms with E-state index in [1.54, 1.807) is 4.57 Å². The Hall–Kier alpha value is -2.33. The van der Waals surface area contributed by atoms with Crippen LogP contribution >= 0.6 is 0 Å². The Morgan fingerprint density at radius 1 is 0.960 bits per heavy atom. The van der Waals surface area contributed by atoms with Gasteiger partial charge in [-0.3, -0.25) is 9.69 Å². The van der Waals surface area contributed by atoms with E-state index in [0.717, 1.165) is 34.0 Å². The van der Waals surface area contributed by atoms with Crippen LogP contribution in [0.4, 0.5) is 0 Å². The predicted molar refractivity (Wildman–Crippen MR) is 102 cm³/mol. The van der Waals surface area contributed by atoms with Crippen molar-refractivity contribution in [3.05, 3.63) is 52.8 Å². The maximum absolute atomic E-state index is 12.6. The lowest BCUT2D eigenvalue weighted by Gasteiger charge is -2.26. The van der Waals surface area contributed by atoms with Gasteiger partial charge in [-0.05, 0) is 44.1 Å². The first kappa shape index (κ1) is 16.2. The average Bonchev–Trinajstić information content (AvgIpc) is 2.67. The maximum atomic E-state index is 12.6. The lowest BCUT2D eigenvalue weighted by atomic mass is 10.1. The lowest BCUT2D eigenvalue weighted by Crippen LogP contribution is -2.33. The van der Waals surface area contributed by atoms with E-state index in [1.165, 1.54) is 32.4 Å². The maximum Gasteiger partial charge on any atom is 0.258 e. The van der Waals surface area contributed by atoms with Gasteiger partial charge in [-0.2, -0.15) is 0 Å². The number of hydrogen-bond acceptors (Lipinski definition) is 3. The molecule has 0 atom stereocenters. The molecule has 130 valence electrons. The highest BCUT2D eigenvalue weighted by Gasteiger charge is 2.13. The summed E-state index contributed by atoms with van der Waals surface area (Å²) in [6.45, 7) is 3.99. The minimum Gasteiger partial charge on any atom is -0.492 e. The number of aryl methyl sites for hydroxylation is 1. The number of aromatic nitrogens is 1. The van der Waals surface area contributed by atoms with Crippen LogP contribution in [0.25, 0.3) is 21.7 Å². The van der Waals surface area contributed by atoms with Crippen LogP contribution in [-0.2, 0) is 7.05 Å². The van der Waals surface area contributed by atoms with Crippen LogP contribution in [0.3, 0.4) is 0 Å². The molecule has 4 rings (SSSR count). The third-order valence-corrected chi connectivity index (χ3v) is 5.21. The summed E-state index contributed by atoms with van der Waals surface area (Å²) in [5.41, 5.74) is 0.952. The van der Waals surface area contributed by atoms with Crippen molar-refractivity contribution in [2.45, 2.75) is 19.3 Å². The zero-order valence-electron chi connectivity index (χ0n) is 14.7. The molecule has 2 heterocycles. The molecule has 0 aliphatic carbocycles. The van der Waals surface area contributed by atoms with Gasteiger partial charge in [0.2, 0.25) is 0 Å². The van der Waals surface area contributed by atoms with Gasteiger partial charge in [0.25, 0.3) is 5.56 Å². The number of nitrogens with zero attached hydrogens (tertiary/aromatic N) is 2. The highest BCUT2D eigenvalue weighted by molar-refractivity contribution is 6.08. The molecule has 4 nitrogen and oxygen atoms in total. The zero-order valence-corrected chi connectivity index (χ0v) is 14.7. The Morgan fingerprint density at radius 2 is 1.72 bits per heavy atom. The molecular formula is C21H24N2O2. The highest BCUT2D eigenvalue weighted by atomic mass is 16.5. The molecule has 1 aliphatic heterocycles. The first-order valence-corrected chi connectivity index (χ1v) is 9.11. The van der Waals surface area contributed by atoms with Crippen molar-refractivity contribution < 1.29 is 4.74 Å². The molecule has 4 heteroatoms. The zero-order chi connectivity index (χ0) is 17.2. The first-order valence-electron chi connectivity index (χ1n) is 9.11. The van der Waals surface area contributed by atoms with Crippen molar-refractivity contribution in [3.63, 3.8) is 0 Å². The second-order valence-electron chi connectivity index (χ2n) is 6.81. The highest BCUT2D eigenvalue weighted by Crippen LogP contribution is 2.31. The Bertz CT molecular complexity index is 955. The molecular weight excluding hydrogens is 312 g/mol. The second-order valence-corrected chi connectivity index (χ2v) is 6.81. The number of fused-ring (bicyclic) bond motifs is 3. The van der Waals surface area contributed by atoms with E-state index in [2.05, 4.69) is 4.90 Å². The molecule has 0 spiro atoms. The largest absolute Gasteiger partial charge is 0.492 e. The van der Waals surface area contributed by atoms with E-state index in [0.29, 0.717) is 6.61 Å². The summed E-state index contributed by atoms with van der Waals surface area (Å²) in [6, 6.07) is 13.8. The summed E-state index contributed by atoms with van der Waals surface area (Å²) >= 11 is 0. The van der Waals surface area contributed by atoms with E-state index in [9.17, 15) is 4.79 Å². The third kappa shape index (κ3) is 3.02. The summed E-state index contributed by atoms with van der Waals surface area (Å²) in [7, 11) is 1.83. The number of rotatable bonds is 4. The summed E-state index contributed by atoms with van der Waals surface area (Å²) in [4.78, 5) is 15.1. The summed E-state index contributed by atoms with van der Waals surface area (Å²) in [6.07, 6.45) is 3.93. The molecule has 1 aromatic heterocycles. The topological polar surface area (TPSA) is 34.5 Å². The van der Waals surface area contributed by atoms with Crippen LogP contribution in [0.15, 0.2) is 47.3 Å². The molecule has 25 heavy (non-hydrogen) atoms. The van der Waals surface area contributed by atoms with Crippen LogP contribution in [0.1, 0.15) is 19.3 Å². The fraction of sp³-hybridized carbons (Fsp3) is 0.381. The van der Waals surface area contributed by atoms with Gasteiger partial charge in [0.05, 0.1) is 5.52 Å². The van der Waals surface area contributed by atoms with Crippen molar-refractivity contribution in [1.82, 2.24) is 9.47 Å². The molecule has 0 saturated carbocycles. The number of piperidine rings is 1. The Kier molecular flexibility index (Phi) is 4.45. The molecule has 2 aromatic carbocycles. The van der Waals surface area contributed by atoms with E-state index in [1.807, 2.05) is 49.5 Å². The van der Waals surface area contributed by atoms with Gasteiger partial charge in [-0.25, -0.2) is 0 Å². The van der Waals surface area contributed by atoms with Crippen molar-refractivity contribution >= 4 is 21.7 Å². The molecule has 1 fully saturated rings. The normalized spacial score (nSPS) is 15.7. The minimum absolute atomic E-state index is 0.0357. The van der Waals surface area contributed by atoms with E-state index in [-0.39, 0.29) is 5.56 Å². The number of likely N-dealkylation sites (tertiary alicyclic amines) is 1. The standard InChI is InChI=1S/C21H24N2O2/c1-22-18-10-7-11-19(25-15-14-23-12-5-2-6-13-23)20(18)16-8-3-4-9-17(16)21(22)24/h3-4,7-11H,2,5-6,12-15H2,1H3. The van der Waals surface area contributed by atoms with Gasteiger partial charge >= 0.3 is 0 Å². The SMILES string of the molecule is Cn1c(=O)c2ccccc2c2c(OCCN3CCCCC3)cccc21. The van der Waals surface area contributed by atoms with Crippen molar-refractivity contribution in [3.8, 4) is 5.75 Å². The van der Waals surface area contributed by atoms with E-state index >= 15 is 0 Å². The van der Waals surface area contributed by atoms with Crippen molar-refractivity contribution in [2.24, 2.45) is 7.05 Å². The molecule has 1 aliphatic rings. The molecule has 0 N–H and O–H groups in total. The van der Waals surface area contributed by atoms with Crippen LogP contribution < -0.4 is 10.3 Å². The lowest BCUT2D eigenvalue weighted by molar-refractivity contribution is 0.184. The number of ether oxygens (including phenoxy) is 1. The molecule has 3 aromatic rings.